The van der Waals surface area contributed by atoms with E-state index in [0.29, 0.717) is 30.7 Å². The number of rotatable bonds is 5. The van der Waals surface area contributed by atoms with Crippen molar-refractivity contribution in [3.05, 3.63) is 30.0 Å². The lowest BCUT2D eigenvalue weighted by atomic mass is 10.0. The van der Waals surface area contributed by atoms with Gasteiger partial charge < -0.3 is 29.2 Å². The van der Waals surface area contributed by atoms with Crippen molar-refractivity contribution in [3.63, 3.8) is 0 Å². The van der Waals surface area contributed by atoms with Gasteiger partial charge in [0.2, 0.25) is 5.95 Å². The molecule has 8 heteroatoms. The van der Waals surface area contributed by atoms with Gasteiger partial charge >= 0.3 is 0 Å². The summed E-state index contributed by atoms with van der Waals surface area (Å²) in [7, 11) is 3.23. The molecule has 0 radical (unpaired) electrons. The molecule has 0 bridgehead atoms. The maximum absolute atomic E-state index is 5.82. The van der Waals surface area contributed by atoms with Crippen LogP contribution in [0.5, 0.6) is 11.5 Å². The largest absolute Gasteiger partial charge is 0.493 e. The molecule has 0 saturated carbocycles. The van der Waals surface area contributed by atoms with Crippen molar-refractivity contribution >= 4 is 17.5 Å². The molecule has 28 heavy (non-hydrogen) atoms. The summed E-state index contributed by atoms with van der Waals surface area (Å²) in [5.41, 5.74) is 1.74. The third-order valence-electron chi connectivity index (χ3n) is 5.14. The molecule has 0 unspecified atom stereocenters. The molecule has 1 spiro atoms. The van der Waals surface area contributed by atoms with Crippen molar-refractivity contribution in [2.24, 2.45) is 0 Å². The van der Waals surface area contributed by atoms with Crippen LogP contribution in [0.25, 0.3) is 0 Å². The zero-order valence-electron chi connectivity index (χ0n) is 16.5. The van der Waals surface area contributed by atoms with Gasteiger partial charge in [0.1, 0.15) is 5.82 Å². The normalized spacial score (nSPS) is 18.3. The number of aryl methyl sites for hydroxylation is 1. The van der Waals surface area contributed by atoms with Crippen LogP contribution < -0.4 is 19.7 Å². The van der Waals surface area contributed by atoms with Gasteiger partial charge in [-0.05, 0) is 19.1 Å². The quantitative estimate of drug-likeness (QED) is 0.841. The van der Waals surface area contributed by atoms with Gasteiger partial charge in [-0.3, -0.25) is 0 Å². The zero-order valence-corrected chi connectivity index (χ0v) is 16.5. The van der Waals surface area contributed by atoms with Crippen molar-refractivity contribution in [1.82, 2.24) is 9.97 Å². The van der Waals surface area contributed by atoms with Crippen molar-refractivity contribution < 1.29 is 18.9 Å². The minimum Gasteiger partial charge on any atom is -0.493 e. The van der Waals surface area contributed by atoms with Gasteiger partial charge in [0.15, 0.2) is 17.3 Å². The Labute approximate surface area is 164 Å². The average Bonchev–Trinajstić information content (AvgIpc) is 3.16. The maximum Gasteiger partial charge on any atom is 0.229 e. The number of hydrogen-bond donors (Lipinski definition) is 1. The molecule has 0 aliphatic carbocycles. The highest BCUT2D eigenvalue weighted by molar-refractivity contribution is 5.61. The third kappa shape index (κ3) is 3.83. The molecule has 150 valence electrons. The summed E-state index contributed by atoms with van der Waals surface area (Å²) in [5, 5.41) is 3.27. The van der Waals surface area contributed by atoms with Crippen LogP contribution in [0, 0.1) is 6.92 Å². The first kappa shape index (κ1) is 18.8. The summed E-state index contributed by atoms with van der Waals surface area (Å²) in [6.07, 6.45) is 1.68. The number of aromatic nitrogens is 2. The van der Waals surface area contributed by atoms with Gasteiger partial charge in [-0.2, -0.15) is 4.98 Å². The molecule has 1 N–H and O–H groups in total. The Morgan fingerprint density at radius 3 is 2.39 bits per heavy atom. The lowest BCUT2D eigenvalue weighted by molar-refractivity contribution is -0.169. The molecule has 8 nitrogen and oxygen atoms in total. The van der Waals surface area contributed by atoms with Crippen LogP contribution in [-0.2, 0) is 9.47 Å². The van der Waals surface area contributed by atoms with E-state index >= 15 is 0 Å². The molecule has 2 saturated heterocycles. The summed E-state index contributed by atoms with van der Waals surface area (Å²) >= 11 is 0. The van der Waals surface area contributed by atoms with E-state index in [1.165, 1.54) is 0 Å². The van der Waals surface area contributed by atoms with Gasteiger partial charge in [0.25, 0.3) is 0 Å². The molecule has 1 aromatic carbocycles. The predicted octanol–water partition coefficient (Wildman–Crippen LogP) is 2.89. The van der Waals surface area contributed by atoms with E-state index in [4.69, 9.17) is 23.9 Å². The molecule has 2 aliphatic rings. The van der Waals surface area contributed by atoms with Crippen LogP contribution in [0.15, 0.2) is 24.3 Å². The molecule has 2 aliphatic heterocycles. The Hall–Kier alpha value is -2.58. The van der Waals surface area contributed by atoms with Gasteiger partial charge in [-0.25, -0.2) is 4.98 Å². The van der Waals surface area contributed by atoms with E-state index in [2.05, 4.69) is 15.2 Å². The van der Waals surface area contributed by atoms with Crippen molar-refractivity contribution in [1.29, 1.82) is 0 Å². The van der Waals surface area contributed by atoms with Crippen LogP contribution in [-0.4, -0.2) is 56.3 Å². The predicted molar refractivity (Wildman–Crippen MR) is 106 cm³/mol. The lowest BCUT2D eigenvalue weighted by Crippen LogP contribution is -2.45. The molecule has 2 fully saturated rings. The Balaban J connectivity index is 1.50. The van der Waals surface area contributed by atoms with E-state index in [9.17, 15) is 0 Å². The summed E-state index contributed by atoms with van der Waals surface area (Å²) < 4.78 is 22.3. The molecule has 4 rings (SSSR count). The average molecular weight is 386 g/mol. The maximum atomic E-state index is 5.82. The summed E-state index contributed by atoms with van der Waals surface area (Å²) in [6, 6.07) is 7.63. The fraction of sp³-hybridized carbons (Fsp3) is 0.500. The minimum absolute atomic E-state index is 0.390. The minimum atomic E-state index is -0.390. The topological polar surface area (TPSA) is 78.0 Å². The highest BCUT2D eigenvalue weighted by Gasteiger charge is 2.40. The van der Waals surface area contributed by atoms with Crippen molar-refractivity contribution in [3.8, 4) is 11.5 Å². The molecule has 1 aromatic heterocycles. The van der Waals surface area contributed by atoms with Crippen LogP contribution in [0.2, 0.25) is 0 Å². The number of benzene rings is 1. The smallest absolute Gasteiger partial charge is 0.229 e. The Kier molecular flexibility index (Phi) is 5.23. The van der Waals surface area contributed by atoms with E-state index in [1.54, 1.807) is 14.2 Å². The Bertz CT molecular complexity index is 829. The molecule has 0 atom stereocenters. The molecular formula is C20H26N4O4. The number of piperidine rings is 1. The first-order valence-electron chi connectivity index (χ1n) is 9.48. The monoisotopic (exact) mass is 386 g/mol. The van der Waals surface area contributed by atoms with Gasteiger partial charge in [0, 0.05) is 49.4 Å². The number of hydrogen-bond acceptors (Lipinski definition) is 8. The summed E-state index contributed by atoms with van der Waals surface area (Å²) in [4.78, 5) is 11.5. The Morgan fingerprint density at radius 1 is 1.00 bits per heavy atom. The molecular weight excluding hydrogens is 360 g/mol. The van der Waals surface area contributed by atoms with Crippen molar-refractivity contribution in [2.75, 3.05) is 50.7 Å². The summed E-state index contributed by atoms with van der Waals surface area (Å²) in [6.45, 7) is 5.02. The SMILES string of the molecule is COc1ccc(Nc2nc(C)cc(N3CCC4(CC3)OCCO4)n2)cc1OC. The fourth-order valence-corrected chi connectivity index (χ4v) is 3.68. The van der Waals surface area contributed by atoms with Gasteiger partial charge in [-0.1, -0.05) is 0 Å². The number of nitrogens with one attached hydrogen (secondary N) is 1. The number of ether oxygens (including phenoxy) is 4. The molecule has 3 heterocycles. The number of methoxy groups -OCH3 is 2. The van der Waals surface area contributed by atoms with Crippen LogP contribution in [0.1, 0.15) is 18.5 Å². The standard InChI is InChI=1S/C20H26N4O4/c1-14-12-18(24-8-6-20(7-9-24)27-10-11-28-20)23-19(21-14)22-15-4-5-16(25-2)17(13-15)26-3/h4-5,12-13H,6-11H2,1-3H3,(H,21,22,23). The van der Waals surface area contributed by atoms with E-state index in [0.717, 1.165) is 43.1 Å². The number of anilines is 3. The van der Waals surface area contributed by atoms with E-state index in [-0.39, 0.29) is 5.79 Å². The first-order valence-corrected chi connectivity index (χ1v) is 9.48. The highest BCUT2D eigenvalue weighted by atomic mass is 16.7. The number of nitrogens with zero attached hydrogens (tertiary/aromatic N) is 3. The molecule has 2 aromatic rings. The lowest BCUT2D eigenvalue weighted by Gasteiger charge is -2.38. The van der Waals surface area contributed by atoms with Gasteiger partial charge in [-0.15, -0.1) is 0 Å². The van der Waals surface area contributed by atoms with Crippen LogP contribution in [0.3, 0.4) is 0 Å². The van der Waals surface area contributed by atoms with Crippen molar-refractivity contribution in [2.45, 2.75) is 25.6 Å². The first-order chi connectivity index (χ1) is 13.6. The highest BCUT2D eigenvalue weighted by Crippen LogP contribution is 2.34. The summed E-state index contributed by atoms with van der Waals surface area (Å²) in [5.74, 6) is 2.40. The second-order valence-electron chi connectivity index (χ2n) is 6.98. The molecule has 0 amide bonds. The Morgan fingerprint density at radius 2 is 1.71 bits per heavy atom. The van der Waals surface area contributed by atoms with Crippen LogP contribution in [0.4, 0.5) is 17.5 Å². The third-order valence-corrected chi connectivity index (χ3v) is 5.14. The van der Waals surface area contributed by atoms with E-state index < -0.39 is 0 Å². The second kappa shape index (κ2) is 7.81. The fourth-order valence-electron chi connectivity index (χ4n) is 3.68. The second-order valence-corrected chi connectivity index (χ2v) is 6.98. The zero-order chi connectivity index (χ0) is 19.6. The van der Waals surface area contributed by atoms with Crippen LogP contribution >= 0.6 is 0 Å². The van der Waals surface area contributed by atoms with E-state index in [1.807, 2.05) is 31.2 Å². The van der Waals surface area contributed by atoms with Gasteiger partial charge in [0.05, 0.1) is 27.4 Å².